The van der Waals surface area contributed by atoms with Crippen molar-refractivity contribution in [1.82, 2.24) is 20.5 Å². The van der Waals surface area contributed by atoms with Gasteiger partial charge in [-0.3, -0.25) is 9.69 Å². The Morgan fingerprint density at radius 3 is 2.49 bits per heavy atom. The highest BCUT2D eigenvalue weighted by molar-refractivity contribution is 5.96. The minimum atomic E-state index is -0.586. The highest BCUT2D eigenvalue weighted by Gasteiger charge is 2.24. The molecule has 1 amide bonds. The number of hydrogen-bond donors (Lipinski definition) is 3. The van der Waals surface area contributed by atoms with Gasteiger partial charge in [0.25, 0.3) is 5.91 Å². The number of nitrogens with one attached hydrogen (secondary N) is 2. The van der Waals surface area contributed by atoms with Crippen molar-refractivity contribution >= 4 is 5.91 Å². The molecule has 206 valence electrons. The van der Waals surface area contributed by atoms with E-state index >= 15 is 0 Å². The number of rotatable bonds is 7. The van der Waals surface area contributed by atoms with Gasteiger partial charge in [-0.15, -0.1) is 0 Å². The van der Waals surface area contributed by atoms with Gasteiger partial charge in [-0.2, -0.15) is 0 Å². The second-order valence-electron chi connectivity index (χ2n) is 11.1. The molecule has 0 spiro atoms. The molecule has 2 aliphatic rings. The molecule has 1 saturated carbocycles. The Labute approximate surface area is 230 Å². The zero-order valence-corrected chi connectivity index (χ0v) is 22.7. The summed E-state index contributed by atoms with van der Waals surface area (Å²) in [6.07, 6.45) is 4.39. The van der Waals surface area contributed by atoms with Gasteiger partial charge in [0.15, 0.2) is 0 Å². The van der Waals surface area contributed by atoms with Crippen LogP contribution in [0.2, 0.25) is 0 Å². The smallest absolute Gasteiger partial charge is 0.257 e. The van der Waals surface area contributed by atoms with E-state index in [9.17, 15) is 9.18 Å². The summed E-state index contributed by atoms with van der Waals surface area (Å²) in [7, 11) is 0. The summed E-state index contributed by atoms with van der Waals surface area (Å²) in [6.45, 7) is 7.46. The molecule has 1 aromatic heterocycles. The molecule has 2 atom stereocenters. The number of aromatic nitrogens is 1. The summed E-state index contributed by atoms with van der Waals surface area (Å²) in [5.41, 5.74) is 9.38. The number of hydrogen-bond acceptors (Lipinski definition) is 6. The Morgan fingerprint density at radius 1 is 1.05 bits per heavy atom. The van der Waals surface area contributed by atoms with Gasteiger partial charge >= 0.3 is 0 Å². The number of piperazine rings is 1. The summed E-state index contributed by atoms with van der Waals surface area (Å²) >= 11 is 0. The van der Waals surface area contributed by atoms with Gasteiger partial charge in [0, 0.05) is 43.8 Å². The van der Waals surface area contributed by atoms with Crippen LogP contribution in [0.3, 0.4) is 0 Å². The van der Waals surface area contributed by atoms with E-state index in [1.54, 1.807) is 6.07 Å². The van der Waals surface area contributed by atoms with Crippen molar-refractivity contribution in [1.29, 1.82) is 0 Å². The first-order valence-electron chi connectivity index (χ1n) is 13.9. The predicted octanol–water partition coefficient (Wildman–Crippen LogP) is 4.86. The van der Waals surface area contributed by atoms with Gasteiger partial charge in [-0.1, -0.05) is 36.4 Å². The molecule has 2 heterocycles. The highest BCUT2D eigenvalue weighted by Crippen LogP contribution is 2.29. The van der Waals surface area contributed by atoms with E-state index in [0.29, 0.717) is 17.8 Å². The fourth-order valence-electron chi connectivity index (χ4n) is 5.68. The maximum Gasteiger partial charge on any atom is 0.257 e. The Balaban J connectivity index is 1.27. The lowest BCUT2D eigenvalue weighted by atomic mass is 9.91. The molecule has 1 aliphatic heterocycles. The van der Waals surface area contributed by atoms with Crippen molar-refractivity contribution in [2.75, 3.05) is 13.1 Å². The highest BCUT2D eigenvalue weighted by atomic mass is 19.1. The largest absolute Gasteiger partial charge is 0.438 e. The lowest BCUT2D eigenvalue weighted by Crippen LogP contribution is -2.53. The average Bonchev–Trinajstić information content (AvgIpc) is 2.91. The third-order valence-electron chi connectivity index (χ3n) is 7.54. The van der Waals surface area contributed by atoms with E-state index in [1.807, 2.05) is 18.2 Å². The number of nitrogens with zero attached hydrogens (tertiary/aromatic N) is 2. The Bertz CT molecular complexity index is 1270. The van der Waals surface area contributed by atoms with Crippen LogP contribution in [0, 0.1) is 5.82 Å². The maximum absolute atomic E-state index is 14.1. The molecule has 4 N–H and O–H groups in total. The maximum atomic E-state index is 14.1. The van der Waals surface area contributed by atoms with Crippen molar-refractivity contribution in [2.24, 2.45) is 5.73 Å². The van der Waals surface area contributed by atoms with Gasteiger partial charge in [0.1, 0.15) is 17.1 Å². The topological polar surface area (TPSA) is 92.5 Å². The Morgan fingerprint density at radius 2 is 1.77 bits per heavy atom. The minimum absolute atomic E-state index is 0.0121. The first-order valence-corrected chi connectivity index (χ1v) is 13.9. The van der Waals surface area contributed by atoms with Crippen LogP contribution in [0.4, 0.5) is 4.39 Å². The van der Waals surface area contributed by atoms with Crippen LogP contribution < -0.4 is 21.1 Å². The number of nitrogens with two attached hydrogens (primary N) is 1. The van der Waals surface area contributed by atoms with Crippen molar-refractivity contribution in [3.63, 3.8) is 0 Å². The monoisotopic (exact) mass is 531 g/mol. The van der Waals surface area contributed by atoms with Crippen LogP contribution in [0.1, 0.15) is 55.5 Å². The first kappa shape index (κ1) is 27.2. The van der Waals surface area contributed by atoms with E-state index in [0.717, 1.165) is 62.6 Å². The molecular weight excluding hydrogens is 493 g/mol. The normalized spacial score (nSPS) is 23.8. The standard InChI is InChI=1S/C31H38FN5O2/c1-20-17-37(18-21(2)35-20)19-22-6-8-23(9-7-22)24-4-3-5-28(14-24)39-31-29(15-25(32)16-34-31)30(38)36-27-12-10-26(33)11-13-27/h3-9,14-16,20-21,26-27,35H,10-13,17-19,33H2,1-2H3,(H,36,38)/t20-,21+,26?,27?. The number of ether oxygens (including phenoxy) is 1. The van der Waals surface area contributed by atoms with Gasteiger partial charge in [-0.05, 0) is 74.4 Å². The Hall–Kier alpha value is -3.33. The summed E-state index contributed by atoms with van der Waals surface area (Å²) < 4.78 is 20.1. The molecule has 7 nitrogen and oxygen atoms in total. The number of pyridine rings is 1. The fraction of sp³-hybridized carbons (Fsp3) is 0.419. The van der Waals surface area contributed by atoms with Crippen molar-refractivity contribution < 1.29 is 13.9 Å². The molecular formula is C31H38FN5O2. The molecule has 2 fully saturated rings. The van der Waals surface area contributed by atoms with Crippen molar-refractivity contribution in [3.8, 4) is 22.8 Å². The van der Waals surface area contributed by atoms with Gasteiger partial charge in [-0.25, -0.2) is 9.37 Å². The zero-order valence-electron chi connectivity index (χ0n) is 22.7. The molecule has 39 heavy (non-hydrogen) atoms. The molecule has 3 aromatic rings. The van der Waals surface area contributed by atoms with Crippen LogP contribution in [0.15, 0.2) is 60.8 Å². The van der Waals surface area contributed by atoms with Crippen LogP contribution in [-0.4, -0.2) is 53.0 Å². The van der Waals surface area contributed by atoms with E-state index in [-0.39, 0.29) is 23.5 Å². The average molecular weight is 532 g/mol. The summed E-state index contributed by atoms with van der Waals surface area (Å²) in [4.78, 5) is 19.6. The summed E-state index contributed by atoms with van der Waals surface area (Å²) in [5, 5.41) is 6.57. The second kappa shape index (κ2) is 12.2. The molecule has 0 unspecified atom stereocenters. The zero-order chi connectivity index (χ0) is 27.4. The molecule has 2 aromatic carbocycles. The summed E-state index contributed by atoms with van der Waals surface area (Å²) in [6, 6.07) is 18.5. The minimum Gasteiger partial charge on any atom is -0.438 e. The Kier molecular flexibility index (Phi) is 8.55. The van der Waals surface area contributed by atoms with Crippen LogP contribution in [-0.2, 0) is 6.54 Å². The van der Waals surface area contributed by atoms with E-state index < -0.39 is 11.7 Å². The molecule has 5 rings (SSSR count). The van der Waals surface area contributed by atoms with E-state index in [2.05, 4.69) is 58.6 Å². The second-order valence-corrected chi connectivity index (χ2v) is 11.1. The molecule has 8 heteroatoms. The van der Waals surface area contributed by atoms with Gasteiger partial charge in [0.05, 0.1) is 6.20 Å². The SMILES string of the molecule is C[C@@H]1CN(Cc2ccc(-c3cccc(Oc4ncc(F)cc4C(=O)NC4CCC(N)CC4)c3)cc2)C[C@H](C)N1. The van der Waals surface area contributed by atoms with Crippen molar-refractivity contribution in [3.05, 3.63) is 77.7 Å². The fourth-order valence-corrected chi connectivity index (χ4v) is 5.68. The third-order valence-corrected chi connectivity index (χ3v) is 7.54. The van der Waals surface area contributed by atoms with Crippen LogP contribution >= 0.6 is 0 Å². The number of amides is 1. The van der Waals surface area contributed by atoms with Crippen molar-refractivity contribution in [2.45, 2.75) is 70.2 Å². The van der Waals surface area contributed by atoms with Crippen LogP contribution in [0.5, 0.6) is 11.6 Å². The van der Waals surface area contributed by atoms with Crippen LogP contribution in [0.25, 0.3) is 11.1 Å². The third kappa shape index (κ3) is 7.20. The first-order chi connectivity index (χ1) is 18.8. The molecule has 0 radical (unpaired) electrons. The molecule has 0 bridgehead atoms. The lowest BCUT2D eigenvalue weighted by Gasteiger charge is -2.36. The quantitative estimate of drug-likeness (QED) is 0.403. The summed E-state index contributed by atoms with van der Waals surface area (Å²) in [5.74, 6) is -0.375. The number of halogens is 1. The van der Waals surface area contributed by atoms with Gasteiger partial charge in [0.2, 0.25) is 5.88 Å². The number of carbonyl (C=O) groups is 1. The predicted molar refractivity (Wildman–Crippen MR) is 151 cm³/mol. The lowest BCUT2D eigenvalue weighted by molar-refractivity contribution is 0.0922. The number of carbonyl (C=O) groups excluding carboxylic acids is 1. The number of benzene rings is 2. The van der Waals surface area contributed by atoms with Gasteiger partial charge < -0.3 is 21.1 Å². The molecule has 1 saturated heterocycles. The van der Waals surface area contributed by atoms with E-state index in [4.69, 9.17) is 10.5 Å². The molecule has 1 aliphatic carbocycles. The van der Waals surface area contributed by atoms with E-state index in [1.165, 1.54) is 11.6 Å².